The first-order valence-electron chi connectivity index (χ1n) is 5.78. The molecule has 1 aromatic rings. The minimum absolute atomic E-state index is 0.328. The van der Waals surface area contributed by atoms with Crippen molar-refractivity contribution in [3.05, 3.63) is 32.6 Å². The largest absolute Gasteiger partial charge is 0.394 e. The van der Waals surface area contributed by atoms with Crippen LogP contribution in [0.1, 0.15) is 11.8 Å². The SMILES string of the molecule is CS[C@@H]1[C@H](O)[C@@H](CO)O[C@H]1n1cc(C)c(=O)[nH]c1=O. The van der Waals surface area contributed by atoms with Crippen molar-refractivity contribution >= 4 is 11.8 Å². The first-order chi connectivity index (χ1) is 8.99. The standard InChI is InChI=1S/C11H16N2O5S/c1-5-3-13(11(17)12-9(5)16)10-8(19-2)7(15)6(4-14)18-10/h3,6-8,10,14-15H,4H2,1-2H3,(H,12,16,17)/t6-,7-,8-,10-/m1/s1. The molecule has 19 heavy (non-hydrogen) atoms. The highest BCUT2D eigenvalue weighted by molar-refractivity contribution is 7.99. The van der Waals surface area contributed by atoms with E-state index in [0.717, 1.165) is 0 Å². The van der Waals surface area contributed by atoms with E-state index >= 15 is 0 Å². The Hall–Kier alpha value is -1.09. The summed E-state index contributed by atoms with van der Waals surface area (Å²) >= 11 is 1.34. The van der Waals surface area contributed by atoms with E-state index in [4.69, 9.17) is 9.84 Å². The van der Waals surface area contributed by atoms with E-state index in [2.05, 4.69) is 4.98 Å². The van der Waals surface area contributed by atoms with Crippen LogP contribution < -0.4 is 11.2 Å². The molecule has 0 aliphatic carbocycles. The fraction of sp³-hybridized carbons (Fsp3) is 0.636. The molecule has 106 valence electrons. The Morgan fingerprint density at radius 1 is 1.53 bits per heavy atom. The summed E-state index contributed by atoms with van der Waals surface area (Å²) in [4.78, 5) is 25.3. The van der Waals surface area contributed by atoms with Crippen LogP contribution in [0.4, 0.5) is 0 Å². The van der Waals surface area contributed by atoms with Crippen molar-refractivity contribution in [1.82, 2.24) is 9.55 Å². The summed E-state index contributed by atoms with van der Waals surface area (Å²) in [6, 6.07) is 0. The highest BCUT2D eigenvalue weighted by Gasteiger charge is 2.44. The number of aliphatic hydroxyl groups is 2. The van der Waals surface area contributed by atoms with Gasteiger partial charge in [-0.25, -0.2) is 4.79 Å². The Bertz CT molecular complexity index is 569. The predicted molar refractivity (Wildman–Crippen MR) is 70.4 cm³/mol. The van der Waals surface area contributed by atoms with Crippen LogP contribution in [-0.4, -0.2) is 50.1 Å². The first-order valence-corrected chi connectivity index (χ1v) is 7.07. The van der Waals surface area contributed by atoms with E-state index < -0.39 is 29.7 Å². The van der Waals surface area contributed by atoms with Crippen LogP contribution in [-0.2, 0) is 4.74 Å². The number of thioether (sulfide) groups is 1. The van der Waals surface area contributed by atoms with Crippen LogP contribution in [0.15, 0.2) is 15.8 Å². The highest BCUT2D eigenvalue weighted by Crippen LogP contribution is 2.35. The molecule has 0 radical (unpaired) electrons. The second-order valence-electron chi connectivity index (χ2n) is 4.42. The van der Waals surface area contributed by atoms with Crippen LogP contribution in [0.3, 0.4) is 0 Å². The van der Waals surface area contributed by atoms with Crippen LogP contribution in [0.2, 0.25) is 0 Å². The van der Waals surface area contributed by atoms with Gasteiger partial charge >= 0.3 is 5.69 Å². The zero-order chi connectivity index (χ0) is 14.2. The number of hydrogen-bond donors (Lipinski definition) is 3. The average molecular weight is 288 g/mol. The van der Waals surface area contributed by atoms with Gasteiger partial charge in [-0.05, 0) is 13.2 Å². The van der Waals surface area contributed by atoms with Crippen molar-refractivity contribution < 1.29 is 14.9 Å². The average Bonchev–Trinajstić information content (AvgIpc) is 2.70. The Morgan fingerprint density at radius 3 is 2.79 bits per heavy atom. The molecule has 2 heterocycles. The highest BCUT2D eigenvalue weighted by atomic mass is 32.2. The third kappa shape index (κ3) is 2.48. The topological polar surface area (TPSA) is 105 Å². The number of aryl methyl sites for hydroxylation is 1. The molecule has 2 rings (SSSR count). The van der Waals surface area contributed by atoms with Gasteiger partial charge in [0.05, 0.1) is 18.0 Å². The summed E-state index contributed by atoms with van der Waals surface area (Å²) in [6.07, 6.45) is 0.866. The minimum atomic E-state index is -0.871. The molecular weight excluding hydrogens is 272 g/mol. The van der Waals surface area contributed by atoms with Gasteiger partial charge in [0.15, 0.2) is 6.23 Å². The molecule has 1 aliphatic rings. The summed E-state index contributed by atoms with van der Waals surface area (Å²) in [7, 11) is 0. The van der Waals surface area contributed by atoms with E-state index in [1.54, 1.807) is 13.2 Å². The fourth-order valence-electron chi connectivity index (χ4n) is 2.12. The van der Waals surface area contributed by atoms with E-state index in [9.17, 15) is 14.7 Å². The first kappa shape index (κ1) is 14.3. The van der Waals surface area contributed by atoms with Gasteiger partial charge in [0, 0.05) is 11.8 Å². The number of rotatable bonds is 3. The quantitative estimate of drug-likeness (QED) is 0.647. The predicted octanol–water partition coefficient (Wildman–Crippen LogP) is -1.17. The Morgan fingerprint density at radius 2 is 2.21 bits per heavy atom. The van der Waals surface area contributed by atoms with E-state index in [1.165, 1.54) is 22.5 Å². The van der Waals surface area contributed by atoms with Crippen molar-refractivity contribution in [3.8, 4) is 0 Å². The lowest BCUT2D eigenvalue weighted by Crippen LogP contribution is -2.37. The Kier molecular flexibility index (Phi) is 4.14. The minimum Gasteiger partial charge on any atom is -0.394 e. The fourth-order valence-corrected chi connectivity index (χ4v) is 3.01. The summed E-state index contributed by atoms with van der Waals surface area (Å²) in [5, 5.41) is 18.8. The zero-order valence-corrected chi connectivity index (χ0v) is 11.4. The molecule has 8 heteroatoms. The Labute approximate surface area is 113 Å². The second-order valence-corrected chi connectivity index (χ2v) is 5.43. The van der Waals surface area contributed by atoms with Gasteiger partial charge in [0.2, 0.25) is 0 Å². The van der Waals surface area contributed by atoms with Gasteiger partial charge in [-0.15, -0.1) is 0 Å². The van der Waals surface area contributed by atoms with Gasteiger partial charge in [-0.1, -0.05) is 0 Å². The van der Waals surface area contributed by atoms with Gasteiger partial charge in [-0.3, -0.25) is 14.3 Å². The molecule has 0 saturated carbocycles. The molecular formula is C11H16N2O5S. The number of H-pyrrole nitrogens is 1. The lowest BCUT2D eigenvalue weighted by Gasteiger charge is -2.20. The van der Waals surface area contributed by atoms with E-state index in [0.29, 0.717) is 5.56 Å². The molecule has 1 saturated heterocycles. The van der Waals surface area contributed by atoms with Gasteiger partial charge < -0.3 is 14.9 Å². The number of hydrogen-bond acceptors (Lipinski definition) is 6. The molecule has 3 N–H and O–H groups in total. The summed E-state index contributed by atoms with van der Waals surface area (Å²) in [5.41, 5.74) is -0.658. The van der Waals surface area contributed by atoms with Gasteiger partial charge in [0.1, 0.15) is 6.10 Å². The maximum atomic E-state index is 11.8. The summed E-state index contributed by atoms with van der Waals surface area (Å²) in [6.45, 7) is 1.25. The number of ether oxygens (including phenoxy) is 1. The maximum Gasteiger partial charge on any atom is 0.330 e. The molecule has 0 unspecified atom stereocenters. The lowest BCUT2D eigenvalue weighted by molar-refractivity contribution is -0.0457. The lowest BCUT2D eigenvalue weighted by atomic mass is 10.2. The van der Waals surface area contributed by atoms with Crippen molar-refractivity contribution in [2.75, 3.05) is 12.9 Å². The number of nitrogens with one attached hydrogen (secondary N) is 1. The van der Waals surface area contributed by atoms with E-state index in [-0.39, 0.29) is 11.9 Å². The summed E-state index contributed by atoms with van der Waals surface area (Å²) in [5.74, 6) is 0. The smallest absolute Gasteiger partial charge is 0.330 e. The zero-order valence-electron chi connectivity index (χ0n) is 10.6. The molecule has 1 aliphatic heterocycles. The number of nitrogens with zero attached hydrogens (tertiary/aromatic N) is 1. The number of aromatic nitrogens is 2. The normalized spacial score (nSPS) is 30.7. The maximum absolute atomic E-state index is 11.8. The van der Waals surface area contributed by atoms with Crippen LogP contribution in [0, 0.1) is 6.92 Å². The monoisotopic (exact) mass is 288 g/mol. The van der Waals surface area contributed by atoms with Crippen LogP contribution >= 0.6 is 11.8 Å². The van der Waals surface area contributed by atoms with E-state index in [1.807, 2.05) is 0 Å². The van der Waals surface area contributed by atoms with Crippen molar-refractivity contribution in [1.29, 1.82) is 0 Å². The third-order valence-electron chi connectivity index (χ3n) is 3.18. The van der Waals surface area contributed by atoms with Crippen molar-refractivity contribution in [2.24, 2.45) is 0 Å². The molecule has 0 bridgehead atoms. The summed E-state index contributed by atoms with van der Waals surface area (Å²) < 4.78 is 6.76. The second kappa shape index (κ2) is 5.49. The van der Waals surface area contributed by atoms with Crippen molar-refractivity contribution in [3.63, 3.8) is 0 Å². The number of aliphatic hydroxyl groups excluding tert-OH is 2. The molecule has 0 amide bonds. The van der Waals surface area contributed by atoms with Crippen LogP contribution in [0.25, 0.3) is 0 Å². The molecule has 1 aromatic heterocycles. The third-order valence-corrected chi connectivity index (χ3v) is 4.24. The van der Waals surface area contributed by atoms with Crippen molar-refractivity contribution in [2.45, 2.75) is 30.6 Å². The molecule has 1 fully saturated rings. The van der Waals surface area contributed by atoms with Gasteiger partial charge in [0.25, 0.3) is 5.56 Å². The molecule has 4 atom stereocenters. The molecule has 0 spiro atoms. The molecule has 0 aromatic carbocycles. The molecule has 7 nitrogen and oxygen atoms in total. The van der Waals surface area contributed by atoms with Gasteiger partial charge in [-0.2, -0.15) is 11.8 Å². The number of aromatic amines is 1. The Balaban J connectivity index is 2.44. The van der Waals surface area contributed by atoms with Crippen LogP contribution in [0.5, 0.6) is 0 Å².